The molecule has 6 heteroatoms. The molecule has 3 heterocycles. The second-order valence-electron chi connectivity index (χ2n) is 7.85. The Morgan fingerprint density at radius 1 is 0.967 bits per heavy atom. The average Bonchev–Trinajstić information content (AvgIpc) is 3.21. The van der Waals surface area contributed by atoms with E-state index in [1.165, 1.54) is 10.9 Å². The molecule has 0 spiro atoms. The Kier molecular flexibility index (Phi) is 5.15. The topological polar surface area (TPSA) is 65.1 Å². The predicted octanol–water partition coefficient (Wildman–Crippen LogP) is 3.39. The van der Waals surface area contributed by atoms with Crippen molar-refractivity contribution in [2.24, 2.45) is 0 Å². The summed E-state index contributed by atoms with van der Waals surface area (Å²) in [6.07, 6.45) is 2.99. The van der Waals surface area contributed by atoms with E-state index in [4.69, 9.17) is 0 Å². The van der Waals surface area contributed by atoms with Gasteiger partial charge < -0.3 is 9.88 Å². The van der Waals surface area contributed by atoms with Crippen molar-refractivity contribution in [3.8, 4) is 0 Å². The molecule has 0 unspecified atom stereocenters. The summed E-state index contributed by atoms with van der Waals surface area (Å²) in [7, 11) is 0. The number of carbonyl (C=O) groups is 1. The number of H-pyrrole nitrogens is 1. The van der Waals surface area contributed by atoms with Crippen LogP contribution in [0.4, 0.5) is 0 Å². The van der Waals surface area contributed by atoms with Crippen LogP contribution in [-0.2, 0) is 17.8 Å². The molecule has 0 saturated carbocycles. The highest BCUT2D eigenvalue weighted by Crippen LogP contribution is 2.19. The number of benzene rings is 2. The van der Waals surface area contributed by atoms with E-state index < -0.39 is 0 Å². The molecular formula is C24H25N5O. The number of rotatable bonds is 5. The average molecular weight is 399 g/mol. The molecule has 1 saturated heterocycles. The van der Waals surface area contributed by atoms with Gasteiger partial charge in [0.25, 0.3) is 0 Å². The predicted molar refractivity (Wildman–Crippen MR) is 118 cm³/mol. The minimum absolute atomic E-state index is 0.210. The molecule has 1 N–H and O–H groups in total. The number of fused-ring (bicyclic) bond motifs is 2. The van der Waals surface area contributed by atoms with Gasteiger partial charge in [0, 0.05) is 57.1 Å². The standard InChI is InChI=1S/C24H25N5O/c30-23(11-10-22-26-20-8-1-2-9-21(20)27-22)29-15-13-28(14-16-29)17-19-6-3-5-18-7-4-12-25-24(18)19/h1-9,12H,10-11,13-17H2,(H,26,27). The van der Waals surface area contributed by atoms with Crippen LogP contribution in [0.15, 0.2) is 60.8 Å². The van der Waals surface area contributed by atoms with Crippen molar-refractivity contribution >= 4 is 27.8 Å². The highest BCUT2D eigenvalue weighted by molar-refractivity contribution is 5.81. The van der Waals surface area contributed by atoms with Crippen molar-refractivity contribution in [2.45, 2.75) is 19.4 Å². The van der Waals surface area contributed by atoms with E-state index in [-0.39, 0.29) is 5.91 Å². The molecular weight excluding hydrogens is 374 g/mol. The van der Waals surface area contributed by atoms with Crippen molar-refractivity contribution < 1.29 is 4.79 Å². The molecule has 6 nitrogen and oxygen atoms in total. The molecule has 0 radical (unpaired) electrons. The summed E-state index contributed by atoms with van der Waals surface area (Å²) in [5, 5.41) is 1.18. The lowest BCUT2D eigenvalue weighted by atomic mass is 10.1. The molecule has 1 amide bonds. The van der Waals surface area contributed by atoms with Gasteiger partial charge in [0.05, 0.1) is 16.6 Å². The SMILES string of the molecule is O=C(CCc1nc2ccccc2[nH]1)N1CCN(Cc2cccc3cccnc23)CC1. The Balaban J connectivity index is 1.15. The van der Waals surface area contributed by atoms with E-state index in [0.29, 0.717) is 12.8 Å². The normalized spacial score (nSPS) is 15.1. The zero-order valence-corrected chi connectivity index (χ0v) is 16.9. The first kappa shape index (κ1) is 18.8. The van der Waals surface area contributed by atoms with Crippen LogP contribution in [0.3, 0.4) is 0 Å². The summed E-state index contributed by atoms with van der Waals surface area (Å²) in [5.41, 5.74) is 4.30. The first-order valence-corrected chi connectivity index (χ1v) is 10.5. The number of carbonyl (C=O) groups excluding carboxylic acids is 1. The minimum Gasteiger partial charge on any atom is -0.342 e. The Labute approximate surface area is 175 Å². The largest absolute Gasteiger partial charge is 0.342 e. The van der Waals surface area contributed by atoms with E-state index in [9.17, 15) is 4.79 Å². The molecule has 5 rings (SSSR count). The second kappa shape index (κ2) is 8.24. The third kappa shape index (κ3) is 3.91. The molecule has 30 heavy (non-hydrogen) atoms. The molecule has 0 bridgehead atoms. The Morgan fingerprint density at radius 2 is 1.80 bits per heavy atom. The monoisotopic (exact) mass is 399 g/mol. The van der Waals surface area contributed by atoms with Crippen molar-refractivity contribution in [3.63, 3.8) is 0 Å². The third-order valence-corrected chi connectivity index (χ3v) is 5.85. The number of nitrogens with zero attached hydrogens (tertiary/aromatic N) is 4. The number of amides is 1. The van der Waals surface area contributed by atoms with Crippen LogP contribution in [0.1, 0.15) is 17.8 Å². The molecule has 1 aliphatic rings. The number of nitrogens with one attached hydrogen (secondary N) is 1. The van der Waals surface area contributed by atoms with Crippen molar-refractivity contribution in [1.82, 2.24) is 24.8 Å². The van der Waals surface area contributed by atoms with Gasteiger partial charge in [0.1, 0.15) is 5.82 Å². The van der Waals surface area contributed by atoms with E-state index in [1.54, 1.807) is 0 Å². The van der Waals surface area contributed by atoms with Gasteiger partial charge in [-0.2, -0.15) is 0 Å². The number of aromatic amines is 1. The van der Waals surface area contributed by atoms with Crippen LogP contribution in [-0.4, -0.2) is 56.8 Å². The molecule has 1 fully saturated rings. The molecule has 0 aliphatic carbocycles. The molecule has 2 aromatic carbocycles. The lowest BCUT2D eigenvalue weighted by Gasteiger charge is -2.35. The zero-order chi connectivity index (χ0) is 20.3. The van der Waals surface area contributed by atoms with Gasteiger partial charge in [-0.3, -0.25) is 14.7 Å². The van der Waals surface area contributed by atoms with Crippen molar-refractivity contribution in [1.29, 1.82) is 0 Å². The second-order valence-corrected chi connectivity index (χ2v) is 7.85. The highest BCUT2D eigenvalue weighted by Gasteiger charge is 2.21. The Hall–Kier alpha value is -3.25. The summed E-state index contributed by atoms with van der Waals surface area (Å²) in [4.78, 5) is 29.5. The quantitative estimate of drug-likeness (QED) is 0.559. The van der Waals surface area contributed by atoms with Crippen LogP contribution >= 0.6 is 0 Å². The maximum atomic E-state index is 12.7. The van der Waals surface area contributed by atoms with E-state index in [1.807, 2.05) is 41.4 Å². The number of hydrogen-bond donors (Lipinski definition) is 1. The fraction of sp³-hybridized carbons (Fsp3) is 0.292. The fourth-order valence-electron chi connectivity index (χ4n) is 4.20. The minimum atomic E-state index is 0.210. The Bertz CT molecular complexity index is 1140. The van der Waals surface area contributed by atoms with Gasteiger partial charge in [-0.1, -0.05) is 36.4 Å². The summed E-state index contributed by atoms with van der Waals surface area (Å²) in [5.74, 6) is 1.09. The van der Waals surface area contributed by atoms with Gasteiger partial charge in [0.2, 0.25) is 5.91 Å². The van der Waals surface area contributed by atoms with Crippen LogP contribution < -0.4 is 0 Å². The van der Waals surface area contributed by atoms with Gasteiger partial charge >= 0.3 is 0 Å². The third-order valence-electron chi connectivity index (χ3n) is 5.85. The van der Waals surface area contributed by atoms with Crippen LogP contribution in [0, 0.1) is 0 Å². The lowest BCUT2D eigenvalue weighted by molar-refractivity contribution is -0.133. The fourth-order valence-corrected chi connectivity index (χ4v) is 4.20. The summed E-state index contributed by atoms with van der Waals surface area (Å²) in [6.45, 7) is 4.20. The van der Waals surface area contributed by atoms with Gasteiger partial charge in [-0.25, -0.2) is 4.98 Å². The molecule has 0 atom stereocenters. The highest BCUT2D eigenvalue weighted by atomic mass is 16.2. The van der Waals surface area contributed by atoms with Crippen LogP contribution in [0.2, 0.25) is 0 Å². The maximum absolute atomic E-state index is 12.7. The van der Waals surface area contributed by atoms with E-state index in [0.717, 1.165) is 55.1 Å². The van der Waals surface area contributed by atoms with Crippen LogP contribution in [0.5, 0.6) is 0 Å². The van der Waals surface area contributed by atoms with Gasteiger partial charge in [-0.15, -0.1) is 0 Å². The number of hydrogen-bond acceptors (Lipinski definition) is 4. The number of piperazine rings is 1. The number of pyridine rings is 1. The lowest BCUT2D eigenvalue weighted by Crippen LogP contribution is -2.48. The first-order valence-electron chi connectivity index (χ1n) is 10.5. The summed E-state index contributed by atoms with van der Waals surface area (Å²) < 4.78 is 0. The molecule has 2 aromatic heterocycles. The number of aromatic nitrogens is 3. The first-order chi connectivity index (χ1) is 14.8. The molecule has 1 aliphatic heterocycles. The Morgan fingerprint density at radius 3 is 2.67 bits per heavy atom. The molecule has 4 aromatic rings. The van der Waals surface area contributed by atoms with Crippen molar-refractivity contribution in [3.05, 3.63) is 72.2 Å². The van der Waals surface area contributed by atoms with E-state index in [2.05, 4.69) is 44.1 Å². The van der Waals surface area contributed by atoms with Crippen molar-refractivity contribution in [2.75, 3.05) is 26.2 Å². The van der Waals surface area contributed by atoms with E-state index >= 15 is 0 Å². The summed E-state index contributed by atoms with van der Waals surface area (Å²) >= 11 is 0. The maximum Gasteiger partial charge on any atom is 0.223 e. The summed E-state index contributed by atoms with van der Waals surface area (Å²) in [6, 6.07) is 18.4. The van der Waals surface area contributed by atoms with Gasteiger partial charge in [0.15, 0.2) is 0 Å². The number of aryl methyl sites for hydroxylation is 1. The molecule has 152 valence electrons. The van der Waals surface area contributed by atoms with Gasteiger partial charge in [-0.05, 0) is 23.8 Å². The van der Waals surface area contributed by atoms with Crippen LogP contribution in [0.25, 0.3) is 21.9 Å². The zero-order valence-electron chi connectivity index (χ0n) is 16.9. The smallest absolute Gasteiger partial charge is 0.223 e. The number of imidazole rings is 1. The number of para-hydroxylation sites is 3.